The van der Waals surface area contributed by atoms with Gasteiger partial charge in [0.25, 0.3) is 5.91 Å². The first-order chi connectivity index (χ1) is 14.1. The molecule has 0 aromatic heterocycles. The fourth-order valence-corrected chi connectivity index (χ4v) is 4.96. The van der Waals surface area contributed by atoms with Crippen molar-refractivity contribution in [3.8, 4) is 0 Å². The molecule has 2 aliphatic carbocycles. The summed E-state index contributed by atoms with van der Waals surface area (Å²) in [6.07, 6.45) is 8.18. The van der Waals surface area contributed by atoms with Gasteiger partial charge in [-0.15, -0.1) is 0 Å². The van der Waals surface area contributed by atoms with Crippen LogP contribution in [0.2, 0.25) is 0 Å². The van der Waals surface area contributed by atoms with E-state index in [2.05, 4.69) is 5.32 Å². The highest BCUT2D eigenvalue weighted by atomic mass is 19.1. The minimum atomic E-state index is -1.16. The molecule has 152 valence electrons. The van der Waals surface area contributed by atoms with Crippen LogP contribution in [0.15, 0.2) is 48.5 Å². The van der Waals surface area contributed by atoms with E-state index >= 15 is 0 Å². The quantitative estimate of drug-likeness (QED) is 0.761. The minimum absolute atomic E-state index is 0.128. The molecule has 0 aliphatic heterocycles. The Morgan fingerprint density at radius 2 is 1.86 bits per heavy atom. The molecule has 4 nitrogen and oxygen atoms in total. The summed E-state index contributed by atoms with van der Waals surface area (Å²) in [6, 6.07) is 13.9. The average Bonchev–Trinajstić information content (AvgIpc) is 2.75. The molecule has 29 heavy (non-hydrogen) atoms. The van der Waals surface area contributed by atoms with Crippen LogP contribution in [0.25, 0.3) is 0 Å². The number of carbonyl (C=O) groups excluding carboxylic acids is 2. The Balaban J connectivity index is 1.81. The summed E-state index contributed by atoms with van der Waals surface area (Å²) in [6.45, 7) is 0. The molecule has 2 amide bonds. The van der Waals surface area contributed by atoms with Gasteiger partial charge in [0.15, 0.2) is 5.54 Å². The van der Waals surface area contributed by atoms with Gasteiger partial charge in [-0.3, -0.25) is 14.5 Å². The number of carbonyl (C=O) groups is 2. The zero-order valence-electron chi connectivity index (χ0n) is 16.6. The second kappa shape index (κ2) is 8.36. The molecule has 0 heterocycles. The van der Waals surface area contributed by atoms with Crippen molar-refractivity contribution < 1.29 is 14.0 Å². The fraction of sp³-hybridized carbons (Fsp3) is 0.417. The van der Waals surface area contributed by atoms with Crippen LogP contribution in [0, 0.1) is 5.82 Å². The molecule has 1 saturated carbocycles. The van der Waals surface area contributed by atoms with E-state index in [4.69, 9.17) is 0 Å². The van der Waals surface area contributed by atoms with Gasteiger partial charge in [-0.05, 0) is 61.4 Å². The van der Waals surface area contributed by atoms with Gasteiger partial charge in [0.05, 0.1) is 0 Å². The lowest BCUT2D eigenvalue weighted by Gasteiger charge is -2.45. The Labute approximate surface area is 171 Å². The van der Waals surface area contributed by atoms with Crippen molar-refractivity contribution >= 4 is 18.0 Å². The molecule has 0 bridgehead atoms. The molecule has 1 fully saturated rings. The molecule has 1 unspecified atom stereocenters. The van der Waals surface area contributed by atoms with Crippen LogP contribution in [-0.2, 0) is 21.5 Å². The third kappa shape index (κ3) is 3.66. The van der Waals surface area contributed by atoms with E-state index in [0.29, 0.717) is 18.5 Å². The van der Waals surface area contributed by atoms with Crippen molar-refractivity contribution in [2.45, 2.75) is 62.9 Å². The Bertz CT molecular complexity index is 894. The van der Waals surface area contributed by atoms with Gasteiger partial charge in [0.1, 0.15) is 5.82 Å². The molecular weight excluding hydrogens is 367 g/mol. The second-order valence-electron chi connectivity index (χ2n) is 8.13. The van der Waals surface area contributed by atoms with E-state index < -0.39 is 11.4 Å². The molecule has 2 aromatic carbocycles. The summed E-state index contributed by atoms with van der Waals surface area (Å²) in [5, 5.41) is 3.24. The fourth-order valence-electron chi connectivity index (χ4n) is 4.96. The van der Waals surface area contributed by atoms with Crippen molar-refractivity contribution in [3.05, 3.63) is 65.5 Å². The Hall–Kier alpha value is -2.69. The van der Waals surface area contributed by atoms with Gasteiger partial charge >= 0.3 is 0 Å². The second-order valence-corrected chi connectivity index (χ2v) is 8.13. The van der Waals surface area contributed by atoms with Crippen LogP contribution >= 0.6 is 0 Å². The molecule has 0 radical (unpaired) electrons. The number of rotatable bonds is 5. The van der Waals surface area contributed by atoms with Gasteiger partial charge in [0, 0.05) is 11.7 Å². The van der Waals surface area contributed by atoms with Gasteiger partial charge < -0.3 is 5.32 Å². The summed E-state index contributed by atoms with van der Waals surface area (Å²) in [7, 11) is 0. The highest BCUT2D eigenvalue weighted by Crippen LogP contribution is 2.42. The topological polar surface area (TPSA) is 49.4 Å². The lowest BCUT2D eigenvalue weighted by Crippen LogP contribution is -2.59. The van der Waals surface area contributed by atoms with Crippen LogP contribution in [0.1, 0.15) is 56.1 Å². The predicted molar refractivity (Wildman–Crippen MR) is 111 cm³/mol. The number of benzene rings is 2. The van der Waals surface area contributed by atoms with E-state index in [9.17, 15) is 14.0 Å². The number of amides is 2. The third-order valence-electron chi connectivity index (χ3n) is 6.37. The molecule has 1 N–H and O–H groups in total. The molecule has 0 saturated heterocycles. The highest BCUT2D eigenvalue weighted by molar-refractivity contribution is 5.98. The van der Waals surface area contributed by atoms with Crippen LogP contribution in [0.4, 0.5) is 10.1 Å². The number of hydrogen-bond donors (Lipinski definition) is 1. The summed E-state index contributed by atoms with van der Waals surface area (Å²) in [4.78, 5) is 27.6. The summed E-state index contributed by atoms with van der Waals surface area (Å²) in [5.41, 5.74) is 1.15. The monoisotopic (exact) mass is 394 g/mol. The molecule has 1 atom stereocenters. The van der Waals surface area contributed by atoms with Gasteiger partial charge in [-0.2, -0.15) is 0 Å². The molecule has 0 spiro atoms. The summed E-state index contributed by atoms with van der Waals surface area (Å²) < 4.78 is 14.0. The molecule has 2 aromatic rings. The molecule has 4 rings (SSSR count). The highest BCUT2D eigenvalue weighted by Gasteiger charge is 2.49. The van der Waals surface area contributed by atoms with Crippen molar-refractivity contribution in [2.24, 2.45) is 0 Å². The first kappa shape index (κ1) is 19.6. The largest absolute Gasteiger partial charge is 0.351 e. The van der Waals surface area contributed by atoms with Crippen molar-refractivity contribution in [1.82, 2.24) is 5.32 Å². The van der Waals surface area contributed by atoms with Crippen LogP contribution in [0.5, 0.6) is 0 Å². The number of nitrogens with zero attached hydrogens (tertiary/aromatic N) is 1. The maximum Gasteiger partial charge on any atom is 0.251 e. The number of anilines is 1. The third-order valence-corrected chi connectivity index (χ3v) is 6.37. The van der Waals surface area contributed by atoms with E-state index in [-0.39, 0.29) is 11.9 Å². The first-order valence-corrected chi connectivity index (χ1v) is 10.5. The average molecular weight is 394 g/mol. The van der Waals surface area contributed by atoms with Gasteiger partial charge in [0.2, 0.25) is 6.41 Å². The molecular formula is C24H27FN2O2. The zero-order valence-corrected chi connectivity index (χ0v) is 16.6. The minimum Gasteiger partial charge on any atom is -0.351 e. The lowest BCUT2D eigenvalue weighted by atomic mass is 9.74. The number of hydrogen-bond acceptors (Lipinski definition) is 2. The van der Waals surface area contributed by atoms with E-state index in [0.717, 1.165) is 49.7 Å². The zero-order chi connectivity index (χ0) is 20.3. The number of aryl methyl sites for hydroxylation is 1. The number of halogens is 1. The van der Waals surface area contributed by atoms with Gasteiger partial charge in [-0.25, -0.2) is 4.39 Å². The Morgan fingerprint density at radius 3 is 2.62 bits per heavy atom. The van der Waals surface area contributed by atoms with Crippen LogP contribution in [0.3, 0.4) is 0 Å². The van der Waals surface area contributed by atoms with E-state index in [1.165, 1.54) is 23.5 Å². The first-order valence-electron chi connectivity index (χ1n) is 10.5. The van der Waals surface area contributed by atoms with Crippen molar-refractivity contribution in [3.63, 3.8) is 0 Å². The summed E-state index contributed by atoms with van der Waals surface area (Å²) in [5.74, 6) is -0.589. The Kier molecular flexibility index (Phi) is 5.65. The van der Waals surface area contributed by atoms with Crippen molar-refractivity contribution in [1.29, 1.82) is 0 Å². The van der Waals surface area contributed by atoms with Crippen LogP contribution in [-0.4, -0.2) is 18.4 Å². The number of nitrogens with one attached hydrogen (secondary N) is 1. The summed E-state index contributed by atoms with van der Waals surface area (Å²) >= 11 is 0. The lowest BCUT2D eigenvalue weighted by molar-refractivity contribution is -0.130. The predicted octanol–water partition coefficient (Wildman–Crippen LogP) is 4.47. The Morgan fingerprint density at radius 1 is 1.07 bits per heavy atom. The van der Waals surface area contributed by atoms with Crippen molar-refractivity contribution in [2.75, 3.05) is 4.90 Å². The van der Waals surface area contributed by atoms with Crippen LogP contribution < -0.4 is 10.2 Å². The van der Waals surface area contributed by atoms with E-state index in [1.54, 1.807) is 12.1 Å². The number of fused-ring (bicyclic) bond motifs is 1. The maximum atomic E-state index is 14.0. The maximum absolute atomic E-state index is 14.0. The van der Waals surface area contributed by atoms with Gasteiger partial charge in [-0.1, -0.05) is 49.6 Å². The SMILES string of the molecule is O=CN(c1cccc(F)c1)C1(C(=O)NC2CCCCC2)CCCc2ccccc21. The molecule has 5 heteroatoms. The smallest absolute Gasteiger partial charge is 0.251 e. The molecule has 2 aliphatic rings. The normalized spacial score (nSPS) is 21.8. The standard InChI is InChI=1S/C24H27FN2O2/c25-19-10-6-13-21(16-19)27(17-28)24(23(29)26-20-11-2-1-3-12-20)15-7-9-18-8-4-5-14-22(18)24/h4-6,8,10,13-14,16-17,20H,1-3,7,9,11-12,15H2,(H,26,29). The van der Waals surface area contributed by atoms with E-state index in [1.807, 2.05) is 24.3 Å².